The fourth-order valence-electron chi connectivity index (χ4n) is 4.19. The lowest BCUT2D eigenvalue weighted by Gasteiger charge is -2.26. The minimum absolute atomic E-state index is 0.0555. The lowest BCUT2D eigenvalue weighted by Crippen LogP contribution is -2.40. The molecule has 0 radical (unpaired) electrons. The Labute approximate surface area is 195 Å². The third-order valence-corrected chi connectivity index (χ3v) is 5.85. The van der Waals surface area contributed by atoms with Gasteiger partial charge in [0.15, 0.2) is 5.96 Å². The number of hydrogen-bond acceptors (Lipinski definition) is 3. The van der Waals surface area contributed by atoms with E-state index in [2.05, 4.69) is 55.8 Å². The molecule has 7 heteroatoms. The van der Waals surface area contributed by atoms with Crippen LogP contribution in [0.1, 0.15) is 42.6 Å². The predicted octanol–water partition coefficient (Wildman–Crippen LogP) is 3.70. The number of nitrogens with zero attached hydrogens (tertiary/aromatic N) is 3. The van der Waals surface area contributed by atoms with Gasteiger partial charge < -0.3 is 20.5 Å². The summed E-state index contributed by atoms with van der Waals surface area (Å²) in [5, 5.41) is 9.68. The molecule has 2 heterocycles. The molecule has 0 saturated heterocycles. The normalized spacial score (nSPS) is 15.6. The first-order chi connectivity index (χ1) is 16.2. The van der Waals surface area contributed by atoms with Gasteiger partial charge in [0.05, 0.1) is 0 Å². The van der Waals surface area contributed by atoms with Gasteiger partial charge >= 0.3 is 0 Å². The second kappa shape index (κ2) is 11.3. The highest BCUT2D eigenvalue weighted by Crippen LogP contribution is 2.31. The van der Waals surface area contributed by atoms with Crippen molar-refractivity contribution in [3.8, 4) is 0 Å². The molecule has 7 nitrogen and oxygen atoms in total. The lowest BCUT2D eigenvalue weighted by molar-refractivity contribution is -0.116. The standard InChI is InChI=1S/C26H32N6O/c1-2-27-26(29-18-21-17-25(33)31-23-13-7-6-12-22(21)23)30-19-24-28-14-16-32(24)15-8-11-20-9-4-3-5-10-20/h3-7,9-10,12-14,16,21H,2,8,11,15,17-19H2,1H3,(H,31,33)(H2,27,29,30). The van der Waals surface area contributed by atoms with Crippen LogP contribution in [0.2, 0.25) is 0 Å². The molecule has 1 unspecified atom stereocenters. The van der Waals surface area contributed by atoms with Crippen molar-refractivity contribution in [2.75, 3.05) is 18.4 Å². The number of carbonyl (C=O) groups is 1. The number of imidazole rings is 1. The van der Waals surface area contributed by atoms with Gasteiger partial charge in [-0.05, 0) is 37.0 Å². The van der Waals surface area contributed by atoms with E-state index < -0.39 is 0 Å². The molecule has 1 amide bonds. The topological polar surface area (TPSA) is 83.3 Å². The Morgan fingerprint density at radius 2 is 1.97 bits per heavy atom. The van der Waals surface area contributed by atoms with Crippen molar-refractivity contribution in [2.45, 2.75) is 45.2 Å². The van der Waals surface area contributed by atoms with Crippen LogP contribution in [0.5, 0.6) is 0 Å². The fourth-order valence-corrected chi connectivity index (χ4v) is 4.19. The number of guanidine groups is 1. The van der Waals surface area contributed by atoms with Gasteiger partial charge in [0.2, 0.25) is 5.91 Å². The summed E-state index contributed by atoms with van der Waals surface area (Å²) in [6.45, 7) is 4.86. The van der Waals surface area contributed by atoms with Crippen LogP contribution in [0.4, 0.5) is 5.69 Å². The highest BCUT2D eigenvalue weighted by Gasteiger charge is 2.24. The molecule has 1 aliphatic heterocycles. The van der Waals surface area contributed by atoms with E-state index in [9.17, 15) is 4.79 Å². The van der Waals surface area contributed by atoms with Crippen molar-refractivity contribution in [2.24, 2.45) is 4.99 Å². The summed E-state index contributed by atoms with van der Waals surface area (Å²) in [6.07, 6.45) is 6.43. The Morgan fingerprint density at radius 1 is 1.15 bits per heavy atom. The van der Waals surface area contributed by atoms with Crippen molar-refractivity contribution in [3.05, 3.63) is 83.9 Å². The highest BCUT2D eigenvalue weighted by atomic mass is 16.1. The zero-order valence-corrected chi connectivity index (χ0v) is 19.1. The number of rotatable bonds is 9. The van der Waals surface area contributed by atoms with Crippen LogP contribution >= 0.6 is 0 Å². The van der Waals surface area contributed by atoms with E-state index in [0.29, 0.717) is 19.5 Å². The molecule has 2 aromatic carbocycles. The number of anilines is 1. The Balaban J connectivity index is 1.34. The van der Waals surface area contributed by atoms with Gasteiger partial charge in [-0.2, -0.15) is 0 Å². The van der Waals surface area contributed by atoms with Crippen molar-refractivity contribution in [1.82, 2.24) is 20.2 Å². The number of carbonyl (C=O) groups excluding carboxylic acids is 1. The number of amides is 1. The maximum Gasteiger partial charge on any atom is 0.225 e. The Morgan fingerprint density at radius 3 is 2.82 bits per heavy atom. The van der Waals surface area contributed by atoms with Gasteiger partial charge in [-0.25, -0.2) is 9.98 Å². The minimum Gasteiger partial charge on any atom is -0.357 e. The maximum absolute atomic E-state index is 12.1. The van der Waals surface area contributed by atoms with Crippen LogP contribution in [0.15, 0.2) is 72.0 Å². The molecule has 0 bridgehead atoms. The monoisotopic (exact) mass is 444 g/mol. The summed E-state index contributed by atoms with van der Waals surface area (Å²) in [4.78, 5) is 21.4. The quantitative estimate of drug-likeness (QED) is 0.347. The molecular weight excluding hydrogens is 412 g/mol. The molecule has 0 saturated carbocycles. The zero-order chi connectivity index (χ0) is 22.9. The molecule has 1 aliphatic rings. The van der Waals surface area contributed by atoms with E-state index in [1.54, 1.807) is 0 Å². The Bertz CT molecular complexity index is 1080. The predicted molar refractivity (Wildman–Crippen MR) is 132 cm³/mol. The van der Waals surface area contributed by atoms with E-state index in [0.717, 1.165) is 49.0 Å². The van der Waals surface area contributed by atoms with Crippen molar-refractivity contribution in [1.29, 1.82) is 0 Å². The third kappa shape index (κ3) is 6.22. The maximum atomic E-state index is 12.1. The second-order valence-electron chi connectivity index (χ2n) is 8.24. The van der Waals surface area contributed by atoms with E-state index in [4.69, 9.17) is 4.99 Å². The summed E-state index contributed by atoms with van der Waals surface area (Å²) in [6, 6.07) is 18.5. The molecule has 3 N–H and O–H groups in total. The largest absolute Gasteiger partial charge is 0.357 e. The average Bonchev–Trinajstić information content (AvgIpc) is 3.28. The molecule has 33 heavy (non-hydrogen) atoms. The van der Waals surface area contributed by atoms with Crippen LogP contribution in [0.3, 0.4) is 0 Å². The first-order valence-electron chi connectivity index (χ1n) is 11.7. The molecule has 172 valence electrons. The number of aliphatic imine (C=N–C) groups is 1. The number of aromatic nitrogens is 2. The van der Waals surface area contributed by atoms with Crippen molar-refractivity contribution < 1.29 is 4.79 Å². The van der Waals surface area contributed by atoms with E-state index in [1.165, 1.54) is 5.56 Å². The fraction of sp³-hybridized carbons (Fsp3) is 0.346. The van der Waals surface area contributed by atoms with E-state index >= 15 is 0 Å². The summed E-state index contributed by atoms with van der Waals surface area (Å²) in [5.74, 6) is 1.85. The molecular formula is C26H32N6O. The van der Waals surface area contributed by atoms with Crippen LogP contribution < -0.4 is 16.0 Å². The minimum atomic E-state index is 0.0555. The smallest absolute Gasteiger partial charge is 0.225 e. The number of hydrogen-bond donors (Lipinski definition) is 3. The summed E-state index contributed by atoms with van der Waals surface area (Å²) in [7, 11) is 0. The summed E-state index contributed by atoms with van der Waals surface area (Å²) < 4.78 is 2.18. The van der Waals surface area contributed by atoms with Gasteiger partial charge in [-0.3, -0.25) is 4.79 Å². The zero-order valence-electron chi connectivity index (χ0n) is 19.1. The third-order valence-electron chi connectivity index (χ3n) is 5.85. The van der Waals surface area contributed by atoms with Gasteiger partial charge in [0, 0.05) is 50.1 Å². The van der Waals surface area contributed by atoms with Gasteiger partial charge in [0.25, 0.3) is 0 Å². The molecule has 0 spiro atoms. The van der Waals surface area contributed by atoms with E-state index in [-0.39, 0.29) is 11.8 Å². The summed E-state index contributed by atoms with van der Waals surface area (Å²) >= 11 is 0. The second-order valence-corrected chi connectivity index (χ2v) is 8.24. The number of nitrogens with one attached hydrogen (secondary N) is 3. The van der Waals surface area contributed by atoms with Crippen LogP contribution in [0, 0.1) is 0 Å². The molecule has 4 rings (SSSR count). The Hall–Kier alpha value is -3.61. The highest BCUT2D eigenvalue weighted by molar-refractivity contribution is 5.94. The van der Waals surface area contributed by atoms with Gasteiger partial charge in [-0.1, -0.05) is 48.5 Å². The number of para-hydroxylation sites is 1. The van der Waals surface area contributed by atoms with E-state index in [1.807, 2.05) is 43.6 Å². The number of aryl methyl sites for hydroxylation is 2. The van der Waals surface area contributed by atoms with Gasteiger partial charge in [0.1, 0.15) is 12.4 Å². The van der Waals surface area contributed by atoms with Crippen LogP contribution in [-0.4, -0.2) is 34.5 Å². The van der Waals surface area contributed by atoms with Gasteiger partial charge in [-0.15, -0.1) is 0 Å². The van der Waals surface area contributed by atoms with Crippen molar-refractivity contribution in [3.63, 3.8) is 0 Å². The first-order valence-corrected chi connectivity index (χ1v) is 11.7. The van der Waals surface area contributed by atoms with Crippen LogP contribution in [0.25, 0.3) is 0 Å². The average molecular weight is 445 g/mol. The molecule has 3 aromatic rings. The van der Waals surface area contributed by atoms with Crippen LogP contribution in [-0.2, 0) is 24.3 Å². The lowest BCUT2D eigenvalue weighted by atomic mass is 9.90. The van der Waals surface area contributed by atoms with Crippen molar-refractivity contribution >= 4 is 17.6 Å². The number of benzene rings is 2. The molecule has 0 fully saturated rings. The molecule has 1 aromatic heterocycles. The Kier molecular flexibility index (Phi) is 7.74. The summed E-state index contributed by atoms with van der Waals surface area (Å²) in [5.41, 5.74) is 3.42. The SMILES string of the molecule is CCNC(=NCc1nccn1CCCc1ccccc1)NCC1CC(=O)Nc2ccccc21. The molecule has 1 atom stereocenters. The molecule has 0 aliphatic carbocycles. The number of fused-ring (bicyclic) bond motifs is 1. The first kappa shape index (κ1) is 22.6.